The Morgan fingerprint density at radius 1 is 0.347 bits per heavy atom. The summed E-state index contributed by atoms with van der Waals surface area (Å²) in [5, 5.41) is 0.341. The molecule has 0 unspecified atom stereocenters. The van der Waals surface area contributed by atoms with Gasteiger partial charge in [-0.15, -0.1) is 0 Å². The Balaban J connectivity index is 1.41. The first-order valence-corrected chi connectivity index (χ1v) is 28.0. The molecule has 0 saturated carbocycles. The summed E-state index contributed by atoms with van der Waals surface area (Å²) in [5.41, 5.74) is 18.8. The van der Waals surface area contributed by atoms with Gasteiger partial charge >= 0.3 is 0 Å². The summed E-state index contributed by atoms with van der Waals surface area (Å²) in [6, 6.07) is 42.1. The van der Waals surface area contributed by atoms with E-state index < -0.39 is 0 Å². The van der Waals surface area contributed by atoms with Gasteiger partial charge in [-0.1, -0.05) is 144 Å². The van der Waals surface area contributed by atoms with Crippen LogP contribution in [0.4, 0.5) is 0 Å². The Bertz CT molecular complexity index is 3030. The van der Waals surface area contributed by atoms with Crippen LogP contribution in [-0.2, 0) is 44.9 Å². The number of aryl methyl sites for hydroxylation is 4. The zero-order valence-electron chi connectivity index (χ0n) is 40.7. The molecule has 2 aliphatic rings. The molecule has 362 valence electrons. The third-order valence-corrected chi connectivity index (χ3v) is 15.9. The number of carbonyl (C=O) groups is 4. The van der Waals surface area contributed by atoms with Gasteiger partial charge in [-0.2, -0.15) is 0 Å². The second-order valence-electron chi connectivity index (χ2n) is 17.5. The first-order valence-electron chi connectivity index (χ1n) is 24.0. The van der Waals surface area contributed by atoms with Crippen LogP contribution < -0.4 is 0 Å². The fourth-order valence-electron chi connectivity index (χ4n) is 9.49. The lowest BCUT2D eigenvalue weighted by atomic mass is 9.96. The predicted octanol–water partition coefficient (Wildman–Crippen LogP) is 14.6. The molecule has 12 heteroatoms. The molecule has 8 bridgehead atoms. The fraction of sp³-hybridized carbons (Fsp3) is 0.200. The van der Waals surface area contributed by atoms with E-state index in [9.17, 15) is 19.2 Å². The van der Waals surface area contributed by atoms with E-state index in [1.807, 2.05) is 24.3 Å². The average molecular weight is 1020 g/mol. The lowest BCUT2D eigenvalue weighted by molar-refractivity contribution is -0.109. The number of rotatable bonds is 16. The number of nitrogens with zero attached hydrogens (tertiary/aromatic N) is 2. The molecule has 0 radical (unpaired) electrons. The van der Waals surface area contributed by atoms with Crippen LogP contribution in [0.25, 0.3) is 90.9 Å². The van der Waals surface area contributed by atoms with Crippen molar-refractivity contribution in [2.75, 3.05) is 23.0 Å². The summed E-state index contributed by atoms with van der Waals surface area (Å²) < 4.78 is 0. The highest BCUT2D eigenvalue weighted by Gasteiger charge is 2.22. The van der Waals surface area contributed by atoms with E-state index in [2.05, 4.69) is 131 Å². The van der Waals surface area contributed by atoms with E-state index >= 15 is 0 Å². The van der Waals surface area contributed by atoms with Crippen molar-refractivity contribution in [3.05, 3.63) is 166 Å². The summed E-state index contributed by atoms with van der Waals surface area (Å²) in [4.78, 5) is 67.6. The lowest BCUT2D eigenvalue weighted by Gasteiger charge is -2.13. The Morgan fingerprint density at radius 3 is 0.792 bits per heavy atom. The first-order chi connectivity index (χ1) is 35.0. The Labute approximate surface area is 437 Å². The van der Waals surface area contributed by atoms with E-state index in [0.717, 1.165) is 112 Å². The standard InChI is InChI=1S/C60H54N4O4S4/c1-37(65)69-33-29-41-13-5-9-17-45(41)57-49-21-23-51(61-49)58(46-18-10-6-14-42(46)30-34-70-38(2)66)53-25-27-55(63-53)60(48-20-12-8-16-44(48)32-36-72-40(4)68)56-28-26-54(64-56)59(52-24-22-50(57)62-52)47-19-11-7-15-43(47)31-35-71-39(3)67/h5-28,61,64H,29-36H2,1-4H3. The van der Waals surface area contributed by atoms with E-state index in [1.54, 1.807) is 27.7 Å². The minimum Gasteiger partial charge on any atom is -0.354 e. The molecule has 0 spiro atoms. The van der Waals surface area contributed by atoms with Crippen molar-refractivity contribution in [2.24, 2.45) is 0 Å². The number of carbonyl (C=O) groups excluding carboxylic acids is 4. The number of aromatic amines is 2. The quantitative estimate of drug-likeness (QED) is 0.0966. The maximum absolute atomic E-state index is 12.2. The highest BCUT2D eigenvalue weighted by Crippen LogP contribution is 2.41. The van der Waals surface area contributed by atoms with Gasteiger partial charge in [0.25, 0.3) is 0 Å². The Morgan fingerprint density at radius 2 is 0.569 bits per heavy atom. The average Bonchev–Trinajstić information content (AvgIpc) is 4.22. The fourth-order valence-corrected chi connectivity index (χ4v) is 11.9. The van der Waals surface area contributed by atoms with Gasteiger partial charge in [0, 0.05) is 95.0 Å². The zero-order valence-corrected chi connectivity index (χ0v) is 43.9. The van der Waals surface area contributed by atoms with Crippen LogP contribution in [-0.4, -0.2) is 63.4 Å². The minimum absolute atomic E-state index is 0.0853. The van der Waals surface area contributed by atoms with Crippen molar-refractivity contribution in [3.8, 4) is 44.5 Å². The van der Waals surface area contributed by atoms with Crippen molar-refractivity contribution in [1.82, 2.24) is 19.9 Å². The van der Waals surface area contributed by atoms with Gasteiger partial charge in [0.05, 0.1) is 22.8 Å². The van der Waals surface area contributed by atoms with Crippen LogP contribution in [0.2, 0.25) is 0 Å². The van der Waals surface area contributed by atoms with Crippen molar-refractivity contribution >= 4 is 114 Å². The molecule has 7 aromatic rings. The summed E-state index contributed by atoms with van der Waals surface area (Å²) in [6.45, 7) is 6.44. The number of thioether (sulfide) groups is 4. The third-order valence-electron chi connectivity index (χ3n) is 12.6. The van der Waals surface area contributed by atoms with Crippen LogP contribution >= 0.6 is 47.0 Å². The molecule has 2 N–H and O–H groups in total. The number of hydrogen-bond acceptors (Lipinski definition) is 10. The van der Waals surface area contributed by atoms with Gasteiger partial charge in [-0.05, 0) is 119 Å². The second-order valence-corrected chi connectivity index (χ2v) is 22.6. The van der Waals surface area contributed by atoms with Crippen LogP contribution in [0.1, 0.15) is 72.7 Å². The molecular formula is C60H54N4O4S4. The number of H-pyrrole nitrogens is 2. The van der Waals surface area contributed by atoms with Crippen molar-refractivity contribution in [1.29, 1.82) is 0 Å². The zero-order chi connectivity index (χ0) is 50.1. The molecule has 4 aromatic carbocycles. The molecule has 0 saturated heterocycles. The molecule has 0 amide bonds. The summed E-state index contributed by atoms with van der Waals surface area (Å²) >= 11 is 5.31. The predicted molar refractivity (Wildman–Crippen MR) is 308 cm³/mol. The van der Waals surface area contributed by atoms with Crippen molar-refractivity contribution in [3.63, 3.8) is 0 Å². The number of hydrogen-bond donors (Lipinski definition) is 2. The summed E-state index contributed by atoms with van der Waals surface area (Å²) in [7, 11) is 0. The van der Waals surface area contributed by atoms with Crippen LogP contribution in [0, 0.1) is 0 Å². The third kappa shape index (κ3) is 11.7. The van der Waals surface area contributed by atoms with E-state index in [1.165, 1.54) is 47.0 Å². The van der Waals surface area contributed by atoms with Crippen LogP contribution in [0.3, 0.4) is 0 Å². The van der Waals surface area contributed by atoms with Crippen molar-refractivity contribution < 1.29 is 19.2 Å². The number of fused-ring (bicyclic) bond motifs is 8. The van der Waals surface area contributed by atoms with Gasteiger partial charge in [0.1, 0.15) is 0 Å². The largest absolute Gasteiger partial charge is 0.354 e. The number of aromatic nitrogens is 4. The van der Waals surface area contributed by atoms with Gasteiger partial charge in [0.2, 0.25) is 0 Å². The lowest BCUT2D eigenvalue weighted by Crippen LogP contribution is -1.98. The molecule has 8 nitrogen and oxygen atoms in total. The molecule has 9 rings (SSSR count). The van der Waals surface area contributed by atoms with E-state index in [4.69, 9.17) is 9.97 Å². The normalized spacial score (nSPS) is 11.8. The van der Waals surface area contributed by atoms with E-state index in [-0.39, 0.29) is 20.5 Å². The van der Waals surface area contributed by atoms with Crippen molar-refractivity contribution in [2.45, 2.75) is 53.4 Å². The molecule has 2 aliphatic heterocycles. The molecule has 0 atom stereocenters. The molecule has 5 heterocycles. The van der Waals surface area contributed by atoms with Gasteiger partial charge < -0.3 is 9.97 Å². The number of benzene rings is 4. The minimum atomic E-state index is 0.0853. The maximum Gasteiger partial charge on any atom is 0.185 e. The highest BCUT2D eigenvalue weighted by molar-refractivity contribution is 8.14. The smallest absolute Gasteiger partial charge is 0.185 e. The number of nitrogens with one attached hydrogen (secondary N) is 2. The summed E-state index contributed by atoms with van der Waals surface area (Å²) in [5.74, 6) is 2.57. The molecule has 0 aliphatic carbocycles. The molecule has 0 fully saturated rings. The molecule has 3 aromatic heterocycles. The van der Waals surface area contributed by atoms with E-state index in [0.29, 0.717) is 48.7 Å². The molecule has 72 heavy (non-hydrogen) atoms. The van der Waals surface area contributed by atoms with Gasteiger partial charge in [-0.25, -0.2) is 9.97 Å². The second kappa shape index (κ2) is 23.4. The van der Waals surface area contributed by atoms with Gasteiger partial charge in [-0.3, -0.25) is 19.2 Å². The highest BCUT2D eigenvalue weighted by atomic mass is 32.2. The Hall–Kier alpha value is -6.44. The van der Waals surface area contributed by atoms with Gasteiger partial charge in [0.15, 0.2) is 20.5 Å². The Kier molecular flexibility index (Phi) is 16.4. The monoisotopic (exact) mass is 1020 g/mol. The molecular weight excluding hydrogens is 969 g/mol. The first kappa shape index (κ1) is 50.5. The SMILES string of the molecule is CC(=O)SCCc1ccccc1-c1c2nc(c(-c3ccccc3CCSC(C)=O)c3ccc([nH]3)c(-c3ccccc3CCSC(C)=O)c3nc(c(-c4ccccc4CCSC(C)=O)c4ccc1[nH]4)C=C3)C=C2. The summed E-state index contributed by atoms with van der Waals surface area (Å²) in [6.07, 6.45) is 11.1. The topological polar surface area (TPSA) is 126 Å². The maximum atomic E-state index is 12.2. The van der Waals surface area contributed by atoms with Crippen LogP contribution in [0.15, 0.2) is 121 Å². The van der Waals surface area contributed by atoms with Crippen LogP contribution in [0.5, 0.6) is 0 Å².